The van der Waals surface area contributed by atoms with Gasteiger partial charge in [0.1, 0.15) is 17.5 Å². The number of rotatable bonds is 3. The van der Waals surface area contributed by atoms with Crippen molar-refractivity contribution in [3.63, 3.8) is 0 Å². The molecule has 0 radical (unpaired) electrons. The zero-order chi connectivity index (χ0) is 18.9. The fraction of sp³-hybridized carbons (Fsp3) is 0.174. The molecular formula is C23H21N5. The molecule has 0 aliphatic carbocycles. The number of hydrogen-bond acceptors (Lipinski definition) is 5. The summed E-state index contributed by atoms with van der Waals surface area (Å²) in [5, 5.41) is 4.55. The maximum atomic E-state index is 4.69. The smallest absolute Gasteiger partial charge is 0.136 e. The number of nitrogens with one attached hydrogen (secondary N) is 1. The highest BCUT2D eigenvalue weighted by molar-refractivity contribution is 5.91. The molecule has 2 aromatic carbocycles. The first-order chi connectivity index (χ1) is 13.8. The highest BCUT2D eigenvalue weighted by atomic mass is 15.2. The van der Waals surface area contributed by atoms with Gasteiger partial charge in [-0.3, -0.25) is 4.98 Å². The molecule has 0 atom stereocenters. The van der Waals surface area contributed by atoms with Crippen LogP contribution in [0.5, 0.6) is 0 Å². The minimum Gasteiger partial charge on any atom is -0.352 e. The molecule has 0 bridgehead atoms. The number of fused-ring (bicyclic) bond motifs is 2. The second-order valence-electron chi connectivity index (χ2n) is 7.10. The summed E-state index contributed by atoms with van der Waals surface area (Å²) in [6.45, 7) is 3.78. The molecule has 5 nitrogen and oxygen atoms in total. The van der Waals surface area contributed by atoms with Gasteiger partial charge in [0.2, 0.25) is 0 Å². The zero-order valence-electron chi connectivity index (χ0n) is 15.8. The van der Waals surface area contributed by atoms with Gasteiger partial charge in [-0.1, -0.05) is 42.5 Å². The van der Waals surface area contributed by atoms with E-state index in [-0.39, 0.29) is 0 Å². The van der Waals surface area contributed by atoms with Gasteiger partial charge in [0, 0.05) is 30.7 Å². The number of para-hydroxylation sites is 1. The molecule has 5 heteroatoms. The largest absolute Gasteiger partial charge is 0.352 e. The van der Waals surface area contributed by atoms with Crippen LogP contribution < -0.4 is 10.2 Å². The molecular weight excluding hydrogens is 346 g/mol. The summed E-state index contributed by atoms with van der Waals surface area (Å²) >= 11 is 0. The van der Waals surface area contributed by atoms with Crippen LogP contribution in [0.25, 0.3) is 10.9 Å². The van der Waals surface area contributed by atoms with E-state index >= 15 is 0 Å². The summed E-state index contributed by atoms with van der Waals surface area (Å²) in [5.74, 6) is 2.50. The van der Waals surface area contributed by atoms with Gasteiger partial charge in [-0.25, -0.2) is 9.97 Å². The summed E-state index contributed by atoms with van der Waals surface area (Å²) in [4.78, 5) is 16.1. The first-order valence-corrected chi connectivity index (χ1v) is 9.54. The third kappa shape index (κ3) is 3.16. The van der Waals surface area contributed by atoms with E-state index in [9.17, 15) is 0 Å². The van der Waals surface area contributed by atoms with Crippen LogP contribution in [0.15, 0.2) is 66.9 Å². The van der Waals surface area contributed by atoms with E-state index in [4.69, 9.17) is 4.98 Å². The number of benzene rings is 2. The van der Waals surface area contributed by atoms with Crippen LogP contribution in [0.1, 0.15) is 17.0 Å². The van der Waals surface area contributed by atoms with Gasteiger partial charge in [-0.15, -0.1) is 0 Å². The van der Waals surface area contributed by atoms with E-state index in [0.717, 1.165) is 53.6 Å². The molecule has 0 amide bonds. The van der Waals surface area contributed by atoms with E-state index in [1.807, 2.05) is 37.4 Å². The Hall–Kier alpha value is -3.47. The Labute approximate surface area is 164 Å². The molecule has 3 heterocycles. The molecule has 0 saturated carbocycles. The van der Waals surface area contributed by atoms with Crippen LogP contribution >= 0.6 is 0 Å². The van der Waals surface area contributed by atoms with Gasteiger partial charge in [0.15, 0.2) is 0 Å². The first kappa shape index (κ1) is 16.7. The third-order valence-electron chi connectivity index (χ3n) is 5.17. The predicted octanol–water partition coefficient (Wildman–Crippen LogP) is 4.64. The standard InChI is InChI=1S/C23H21N5/c1-16-25-21(27-20-10-4-8-18-9-5-12-24-23(18)20)14-22(26-16)28-13-11-17-6-2-3-7-19(17)15-28/h2-10,12,14H,11,13,15H2,1H3,(H,25,26,27). The second-order valence-corrected chi connectivity index (χ2v) is 7.10. The van der Waals surface area contributed by atoms with Crippen molar-refractivity contribution in [1.82, 2.24) is 15.0 Å². The van der Waals surface area contributed by atoms with Crippen molar-refractivity contribution in [3.05, 3.63) is 83.8 Å². The minimum absolute atomic E-state index is 0.757. The van der Waals surface area contributed by atoms with Crippen LogP contribution in [0.4, 0.5) is 17.3 Å². The van der Waals surface area contributed by atoms with Crippen molar-refractivity contribution in [2.24, 2.45) is 0 Å². The molecule has 1 aliphatic rings. The highest BCUT2D eigenvalue weighted by Crippen LogP contribution is 2.27. The van der Waals surface area contributed by atoms with Crippen LogP contribution in [0, 0.1) is 6.92 Å². The lowest BCUT2D eigenvalue weighted by atomic mass is 10.00. The Kier molecular flexibility index (Phi) is 4.13. The summed E-state index contributed by atoms with van der Waals surface area (Å²) in [5.41, 5.74) is 4.70. The molecule has 4 aromatic rings. The van der Waals surface area contributed by atoms with Crippen molar-refractivity contribution < 1.29 is 0 Å². The van der Waals surface area contributed by atoms with Crippen LogP contribution in [0.2, 0.25) is 0 Å². The quantitative estimate of drug-likeness (QED) is 0.572. The highest BCUT2D eigenvalue weighted by Gasteiger charge is 2.18. The minimum atomic E-state index is 0.757. The monoisotopic (exact) mass is 367 g/mol. The molecule has 0 fully saturated rings. The van der Waals surface area contributed by atoms with E-state index in [1.54, 1.807) is 0 Å². The lowest BCUT2D eigenvalue weighted by Gasteiger charge is -2.30. The van der Waals surface area contributed by atoms with Crippen molar-refractivity contribution >= 4 is 28.2 Å². The first-order valence-electron chi connectivity index (χ1n) is 9.54. The molecule has 0 saturated heterocycles. The fourth-order valence-corrected chi connectivity index (χ4v) is 3.81. The SMILES string of the molecule is Cc1nc(Nc2cccc3cccnc23)cc(N2CCc3ccccc3C2)n1. The van der Waals surface area contributed by atoms with Gasteiger partial charge in [0.05, 0.1) is 11.2 Å². The van der Waals surface area contributed by atoms with Crippen LogP contribution in [0.3, 0.4) is 0 Å². The molecule has 5 rings (SSSR count). The van der Waals surface area contributed by atoms with Crippen LogP contribution in [-0.4, -0.2) is 21.5 Å². The van der Waals surface area contributed by atoms with Gasteiger partial charge >= 0.3 is 0 Å². The Bertz CT molecular complexity index is 1150. The van der Waals surface area contributed by atoms with Gasteiger partial charge in [-0.2, -0.15) is 0 Å². The summed E-state index contributed by atoms with van der Waals surface area (Å²) < 4.78 is 0. The van der Waals surface area contributed by atoms with E-state index in [1.165, 1.54) is 11.1 Å². The van der Waals surface area contributed by atoms with Crippen LogP contribution in [-0.2, 0) is 13.0 Å². The molecule has 1 aliphatic heterocycles. The van der Waals surface area contributed by atoms with Crippen molar-refractivity contribution in [1.29, 1.82) is 0 Å². The molecule has 1 N–H and O–H groups in total. The molecule has 0 unspecified atom stereocenters. The molecule has 0 spiro atoms. The average Bonchev–Trinajstić information content (AvgIpc) is 2.73. The normalized spacial score (nSPS) is 13.4. The third-order valence-corrected chi connectivity index (χ3v) is 5.17. The number of nitrogens with zero attached hydrogens (tertiary/aromatic N) is 4. The fourth-order valence-electron chi connectivity index (χ4n) is 3.81. The maximum absolute atomic E-state index is 4.69. The van der Waals surface area contributed by atoms with E-state index in [2.05, 4.69) is 56.6 Å². The number of anilines is 3. The zero-order valence-corrected chi connectivity index (χ0v) is 15.8. The number of pyridine rings is 1. The number of hydrogen-bond donors (Lipinski definition) is 1. The Balaban J connectivity index is 1.47. The summed E-state index contributed by atoms with van der Waals surface area (Å²) in [6.07, 6.45) is 2.85. The summed E-state index contributed by atoms with van der Waals surface area (Å²) in [6, 6.07) is 20.8. The van der Waals surface area contributed by atoms with Crippen molar-refractivity contribution in [2.75, 3.05) is 16.8 Å². The topological polar surface area (TPSA) is 53.9 Å². The van der Waals surface area contributed by atoms with Gasteiger partial charge < -0.3 is 10.2 Å². The average molecular weight is 367 g/mol. The lowest BCUT2D eigenvalue weighted by Crippen LogP contribution is -2.31. The predicted molar refractivity (Wildman–Crippen MR) is 113 cm³/mol. The Morgan fingerprint density at radius 3 is 2.71 bits per heavy atom. The lowest BCUT2D eigenvalue weighted by molar-refractivity contribution is 0.717. The van der Waals surface area contributed by atoms with Gasteiger partial charge in [0.25, 0.3) is 0 Å². The number of aromatic nitrogens is 3. The summed E-state index contributed by atoms with van der Waals surface area (Å²) in [7, 11) is 0. The maximum Gasteiger partial charge on any atom is 0.136 e. The molecule has 28 heavy (non-hydrogen) atoms. The Morgan fingerprint density at radius 2 is 1.79 bits per heavy atom. The van der Waals surface area contributed by atoms with E-state index < -0.39 is 0 Å². The van der Waals surface area contributed by atoms with Gasteiger partial charge in [-0.05, 0) is 36.6 Å². The molecule has 2 aromatic heterocycles. The van der Waals surface area contributed by atoms with Crippen molar-refractivity contribution in [2.45, 2.75) is 19.9 Å². The Morgan fingerprint density at radius 1 is 0.929 bits per heavy atom. The number of aryl methyl sites for hydroxylation is 1. The van der Waals surface area contributed by atoms with E-state index in [0.29, 0.717) is 0 Å². The molecule has 138 valence electrons. The second kappa shape index (κ2) is 6.93. The van der Waals surface area contributed by atoms with Crippen molar-refractivity contribution in [3.8, 4) is 0 Å².